The molecule has 1 N–H and O–H groups in total. The van der Waals surface area contributed by atoms with Crippen LogP contribution in [-0.4, -0.2) is 44.5 Å². The number of rotatable bonds is 6. The van der Waals surface area contributed by atoms with Gasteiger partial charge >= 0.3 is 0 Å². The molecule has 0 aromatic carbocycles. The van der Waals surface area contributed by atoms with Crippen LogP contribution in [-0.2, 0) is 10.0 Å². The molecule has 2 rings (SSSR count). The summed E-state index contributed by atoms with van der Waals surface area (Å²) in [5, 5.41) is 0. The Morgan fingerprint density at radius 1 is 1.40 bits per heavy atom. The van der Waals surface area contributed by atoms with Gasteiger partial charge in [0, 0.05) is 30.0 Å². The van der Waals surface area contributed by atoms with Crippen molar-refractivity contribution >= 4 is 26.0 Å². The lowest BCUT2D eigenvalue weighted by molar-refractivity contribution is 0.288. The van der Waals surface area contributed by atoms with E-state index < -0.39 is 10.0 Å². The predicted octanol–water partition coefficient (Wildman–Crippen LogP) is 1.85. The highest BCUT2D eigenvalue weighted by molar-refractivity contribution is 9.10. The lowest BCUT2D eigenvalue weighted by Gasteiger charge is -2.20. The molecule has 0 spiro atoms. The molecule has 1 saturated heterocycles. The molecule has 0 aliphatic carbocycles. The normalized spacial score (nSPS) is 18.3. The summed E-state index contributed by atoms with van der Waals surface area (Å²) in [4.78, 5) is 6.47. The third kappa shape index (κ3) is 4.51. The summed E-state index contributed by atoms with van der Waals surface area (Å²) in [6, 6.07) is 1.56. The van der Waals surface area contributed by atoms with Crippen LogP contribution in [0, 0.1) is 5.92 Å². The Labute approximate surface area is 129 Å². The fraction of sp³-hybridized carbons (Fsp3) is 0.615. The van der Waals surface area contributed by atoms with E-state index in [0.717, 1.165) is 19.6 Å². The van der Waals surface area contributed by atoms with Crippen LogP contribution in [0.4, 0.5) is 0 Å². The zero-order chi connectivity index (χ0) is 14.6. The first-order chi connectivity index (χ1) is 9.47. The zero-order valence-corrected chi connectivity index (χ0v) is 14.0. The van der Waals surface area contributed by atoms with E-state index in [2.05, 4.69) is 37.5 Å². The van der Waals surface area contributed by atoms with Crippen molar-refractivity contribution in [1.29, 1.82) is 0 Å². The molecule has 0 amide bonds. The monoisotopic (exact) mass is 361 g/mol. The van der Waals surface area contributed by atoms with Crippen LogP contribution in [0.2, 0.25) is 0 Å². The average Bonchev–Trinajstić information content (AvgIpc) is 2.89. The van der Waals surface area contributed by atoms with Crippen LogP contribution in [0.1, 0.15) is 19.8 Å². The van der Waals surface area contributed by atoms with Crippen molar-refractivity contribution in [2.24, 2.45) is 5.92 Å². The first-order valence-corrected chi connectivity index (χ1v) is 9.07. The van der Waals surface area contributed by atoms with E-state index in [9.17, 15) is 8.42 Å². The molecule has 112 valence electrons. The number of hydrogen-bond donors (Lipinski definition) is 1. The van der Waals surface area contributed by atoms with Crippen LogP contribution in [0.5, 0.6) is 0 Å². The van der Waals surface area contributed by atoms with Crippen molar-refractivity contribution in [3.05, 3.63) is 22.9 Å². The standard InChI is InChI=1S/C13H20BrN3O2S/c1-11(10-17-4-2-3-5-17)7-16-20(18,19)13-6-12(14)8-15-9-13/h6,8-9,11,16H,2-5,7,10H2,1H3. The smallest absolute Gasteiger partial charge is 0.242 e. The molecule has 1 atom stereocenters. The van der Waals surface area contributed by atoms with Gasteiger partial charge in [0.05, 0.1) is 0 Å². The van der Waals surface area contributed by atoms with Crippen LogP contribution in [0.3, 0.4) is 0 Å². The van der Waals surface area contributed by atoms with Crippen LogP contribution in [0.15, 0.2) is 27.8 Å². The van der Waals surface area contributed by atoms with Gasteiger partial charge < -0.3 is 4.90 Å². The van der Waals surface area contributed by atoms with Crippen molar-refractivity contribution in [3.8, 4) is 0 Å². The number of nitrogens with zero attached hydrogens (tertiary/aromatic N) is 2. The van der Waals surface area contributed by atoms with E-state index in [1.165, 1.54) is 19.0 Å². The van der Waals surface area contributed by atoms with E-state index in [0.29, 0.717) is 16.9 Å². The molecule has 0 bridgehead atoms. The maximum absolute atomic E-state index is 12.1. The van der Waals surface area contributed by atoms with Gasteiger partial charge in [0.15, 0.2) is 0 Å². The Bertz CT molecular complexity index is 544. The van der Waals surface area contributed by atoms with Crippen LogP contribution < -0.4 is 4.72 Å². The van der Waals surface area contributed by atoms with Crippen LogP contribution >= 0.6 is 15.9 Å². The molecule has 2 heterocycles. The van der Waals surface area contributed by atoms with Gasteiger partial charge in [-0.3, -0.25) is 4.98 Å². The van der Waals surface area contributed by atoms with Gasteiger partial charge in [-0.2, -0.15) is 0 Å². The highest BCUT2D eigenvalue weighted by atomic mass is 79.9. The maximum atomic E-state index is 12.1. The van der Waals surface area contributed by atoms with Crippen LogP contribution in [0.25, 0.3) is 0 Å². The second kappa shape index (κ2) is 6.98. The number of hydrogen-bond acceptors (Lipinski definition) is 4. The van der Waals surface area contributed by atoms with E-state index in [-0.39, 0.29) is 4.90 Å². The van der Waals surface area contributed by atoms with E-state index in [4.69, 9.17) is 0 Å². The zero-order valence-electron chi connectivity index (χ0n) is 11.5. The van der Waals surface area contributed by atoms with Crippen molar-refractivity contribution in [1.82, 2.24) is 14.6 Å². The molecule has 1 unspecified atom stereocenters. The Hall–Kier alpha value is -0.500. The number of nitrogens with one attached hydrogen (secondary N) is 1. The maximum Gasteiger partial charge on any atom is 0.242 e. The number of aromatic nitrogens is 1. The van der Waals surface area contributed by atoms with Gasteiger partial charge in [0.2, 0.25) is 10.0 Å². The minimum Gasteiger partial charge on any atom is -0.303 e. The van der Waals surface area contributed by atoms with Gasteiger partial charge in [-0.15, -0.1) is 0 Å². The molecule has 1 aromatic rings. The summed E-state index contributed by atoms with van der Waals surface area (Å²) in [5.74, 6) is 0.294. The van der Waals surface area contributed by atoms with E-state index in [1.807, 2.05) is 0 Å². The van der Waals surface area contributed by atoms with Crippen molar-refractivity contribution in [3.63, 3.8) is 0 Å². The van der Waals surface area contributed by atoms with E-state index >= 15 is 0 Å². The molecule has 1 aliphatic rings. The summed E-state index contributed by atoms with van der Waals surface area (Å²) in [7, 11) is -3.47. The fourth-order valence-electron chi connectivity index (χ4n) is 2.35. The topological polar surface area (TPSA) is 62.3 Å². The van der Waals surface area contributed by atoms with E-state index in [1.54, 1.807) is 12.3 Å². The Morgan fingerprint density at radius 3 is 2.75 bits per heavy atom. The quantitative estimate of drug-likeness (QED) is 0.839. The lowest BCUT2D eigenvalue weighted by atomic mass is 10.2. The SMILES string of the molecule is CC(CNS(=O)(=O)c1cncc(Br)c1)CN1CCCC1. The molecular formula is C13H20BrN3O2S. The van der Waals surface area contributed by atoms with Gasteiger partial charge in [-0.25, -0.2) is 13.1 Å². The summed E-state index contributed by atoms with van der Waals surface area (Å²) in [6.07, 6.45) is 5.43. The third-order valence-electron chi connectivity index (χ3n) is 3.38. The second-order valence-corrected chi connectivity index (χ2v) is 7.99. The Morgan fingerprint density at radius 2 is 2.10 bits per heavy atom. The van der Waals surface area contributed by atoms with Gasteiger partial charge in [0.25, 0.3) is 0 Å². The average molecular weight is 362 g/mol. The molecule has 1 fully saturated rings. The van der Waals surface area contributed by atoms with Crippen molar-refractivity contribution in [2.75, 3.05) is 26.2 Å². The minimum atomic E-state index is -3.47. The summed E-state index contributed by atoms with van der Waals surface area (Å²) < 4.78 is 27.6. The molecule has 20 heavy (non-hydrogen) atoms. The van der Waals surface area contributed by atoms with Crippen molar-refractivity contribution in [2.45, 2.75) is 24.7 Å². The first kappa shape index (κ1) is 15.9. The van der Waals surface area contributed by atoms with Gasteiger partial charge in [0.1, 0.15) is 4.90 Å². The summed E-state index contributed by atoms with van der Waals surface area (Å²) in [5.41, 5.74) is 0. The van der Waals surface area contributed by atoms with Gasteiger partial charge in [-0.1, -0.05) is 6.92 Å². The molecule has 5 nitrogen and oxygen atoms in total. The first-order valence-electron chi connectivity index (χ1n) is 6.80. The number of likely N-dealkylation sites (tertiary alicyclic amines) is 1. The second-order valence-electron chi connectivity index (χ2n) is 5.30. The molecule has 7 heteroatoms. The Balaban J connectivity index is 1.88. The molecule has 0 radical (unpaired) electrons. The molecule has 1 aliphatic heterocycles. The third-order valence-corrected chi connectivity index (χ3v) is 5.20. The number of sulfonamides is 1. The molecule has 1 aromatic heterocycles. The fourth-order valence-corrected chi connectivity index (χ4v) is 4.01. The summed E-state index contributed by atoms with van der Waals surface area (Å²) in [6.45, 7) is 5.73. The number of pyridine rings is 1. The molecule has 0 saturated carbocycles. The molecular weight excluding hydrogens is 342 g/mol. The highest BCUT2D eigenvalue weighted by Gasteiger charge is 2.18. The highest BCUT2D eigenvalue weighted by Crippen LogP contribution is 2.15. The Kier molecular flexibility index (Phi) is 5.54. The number of halogens is 1. The lowest BCUT2D eigenvalue weighted by Crippen LogP contribution is -2.34. The van der Waals surface area contributed by atoms with Crippen molar-refractivity contribution < 1.29 is 8.42 Å². The minimum absolute atomic E-state index is 0.195. The summed E-state index contributed by atoms with van der Waals surface area (Å²) >= 11 is 3.23. The van der Waals surface area contributed by atoms with Gasteiger partial charge in [-0.05, 0) is 53.8 Å². The predicted molar refractivity (Wildman–Crippen MR) is 82.0 cm³/mol. The largest absolute Gasteiger partial charge is 0.303 e.